The Kier molecular flexibility index (Phi) is 5.86. The van der Waals surface area contributed by atoms with Gasteiger partial charge in [0.25, 0.3) is 5.91 Å². The van der Waals surface area contributed by atoms with Crippen molar-refractivity contribution in [1.29, 1.82) is 0 Å². The smallest absolute Gasteiger partial charge is 0.329 e. The van der Waals surface area contributed by atoms with Gasteiger partial charge in [0.1, 0.15) is 6.61 Å². The number of rotatable bonds is 8. The molecule has 0 fully saturated rings. The molecule has 2 heterocycles. The molecule has 8 heteroatoms. The van der Waals surface area contributed by atoms with Crippen molar-refractivity contribution in [3.8, 4) is 0 Å². The minimum absolute atomic E-state index is 0.136. The molecule has 0 aliphatic rings. The number of aromatic nitrogens is 3. The monoisotopic (exact) mass is 334 g/mol. The van der Waals surface area contributed by atoms with Gasteiger partial charge in [-0.1, -0.05) is 6.92 Å². The van der Waals surface area contributed by atoms with Gasteiger partial charge in [0.05, 0.1) is 29.8 Å². The molecule has 24 heavy (non-hydrogen) atoms. The van der Waals surface area contributed by atoms with Gasteiger partial charge >= 0.3 is 5.97 Å². The minimum Gasteiger partial charge on any atom is -0.480 e. The summed E-state index contributed by atoms with van der Waals surface area (Å²) in [6, 6.07) is 1.91. The zero-order chi connectivity index (χ0) is 17.7. The molecule has 1 unspecified atom stereocenters. The third-order valence-corrected chi connectivity index (χ3v) is 3.71. The Balaban J connectivity index is 2.14. The average Bonchev–Trinajstić information content (AvgIpc) is 2.96. The van der Waals surface area contributed by atoms with Crippen LogP contribution < -0.4 is 5.32 Å². The Morgan fingerprint density at radius 1 is 1.46 bits per heavy atom. The number of nitrogens with one attached hydrogen (secondary N) is 1. The fraction of sp³-hybridized carbons (Fsp3) is 0.500. The second-order valence-corrected chi connectivity index (χ2v) is 5.60. The fourth-order valence-corrected chi connectivity index (χ4v) is 2.32. The summed E-state index contributed by atoms with van der Waals surface area (Å²) in [4.78, 5) is 27.3. The van der Waals surface area contributed by atoms with E-state index in [-0.39, 0.29) is 31.7 Å². The molecule has 130 valence electrons. The van der Waals surface area contributed by atoms with E-state index in [2.05, 4.69) is 29.2 Å². The largest absolute Gasteiger partial charge is 0.480 e. The predicted octanol–water partition coefficient (Wildman–Crippen LogP) is 1.54. The lowest BCUT2D eigenvalue weighted by atomic mass is 10.1. The number of carboxylic acid groups (broad SMARTS) is 1. The molecule has 0 aliphatic heterocycles. The lowest BCUT2D eigenvalue weighted by molar-refractivity contribution is -0.142. The summed E-state index contributed by atoms with van der Waals surface area (Å²) < 4.78 is 6.73. The molecule has 0 aliphatic carbocycles. The zero-order valence-corrected chi connectivity index (χ0v) is 14.1. The molecule has 0 radical (unpaired) electrons. The van der Waals surface area contributed by atoms with Crippen molar-refractivity contribution in [2.45, 2.75) is 33.2 Å². The Bertz CT molecular complexity index is 741. The number of ether oxygens (including phenoxy) is 1. The average molecular weight is 334 g/mol. The third kappa shape index (κ3) is 4.08. The van der Waals surface area contributed by atoms with Gasteiger partial charge in [0.15, 0.2) is 5.65 Å². The molecule has 2 aromatic rings. The van der Waals surface area contributed by atoms with Gasteiger partial charge in [-0.25, -0.2) is 14.5 Å². The highest BCUT2D eigenvalue weighted by Gasteiger charge is 2.17. The topological polar surface area (TPSA) is 106 Å². The SMILES string of the molecule is CCC(C)n1ncc2c(C(=O)NCCOCC(=O)O)cc(C)nc21. The molecule has 0 saturated heterocycles. The van der Waals surface area contributed by atoms with Crippen molar-refractivity contribution in [2.75, 3.05) is 19.8 Å². The number of pyridine rings is 1. The molecule has 2 rings (SSSR count). The minimum atomic E-state index is -1.04. The summed E-state index contributed by atoms with van der Waals surface area (Å²) in [6.07, 6.45) is 2.57. The maximum absolute atomic E-state index is 12.4. The van der Waals surface area contributed by atoms with Crippen molar-refractivity contribution in [2.24, 2.45) is 0 Å². The van der Waals surface area contributed by atoms with Crippen molar-refractivity contribution >= 4 is 22.9 Å². The van der Waals surface area contributed by atoms with Crippen LogP contribution in [0.2, 0.25) is 0 Å². The molecule has 0 saturated carbocycles. The van der Waals surface area contributed by atoms with E-state index in [1.54, 1.807) is 12.3 Å². The molecule has 2 N–H and O–H groups in total. The van der Waals surface area contributed by atoms with Gasteiger partial charge < -0.3 is 15.2 Å². The highest BCUT2D eigenvalue weighted by molar-refractivity contribution is 6.05. The highest BCUT2D eigenvalue weighted by Crippen LogP contribution is 2.22. The van der Waals surface area contributed by atoms with E-state index in [9.17, 15) is 9.59 Å². The summed E-state index contributed by atoms with van der Waals surface area (Å²) in [5.41, 5.74) is 1.93. The predicted molar refractivity (Wildman–Crippen MR) is 88.1 cm³/mol. The van der Waals surface area contributed by atoms with Crippen LogP contribution in [0.1, 0.15) is 42.4 Å². The maximum atomic E-state index is 12.4. The molecule has 0 spiro atoms. The summed E-state index contributed by atoms with van der Waals surface area (Å²) in [5, 5.41) is 16.3. The molecule has 1 atom stereocenters. The highest BCUT2D eigenvalue weighted by atomic mass is 16.5. The standard InChI is InChI=1S/C16H22N4O4/c1-4-11(3)20-15-13(8-18-20)12(7-10(2)19-15)16(23)17-5-6-24-9-14(21)22/h7-8,11H,4-6,9H2,1-3H3,(H,17,23)(H,21,22). The van der Waals surface area contributed by atoms with E-state index in [1.807, 2.05) is 11.6 Å². The number of amides is 1. The maximum Gasteiger partial charge on any atom is 0.329 e. The van der Waals surface area contributed by atoms with Crippen molar-refractivity contribution in [1.82, 2.24) is 20.1 Å². The second kappa shape index (κ2) is 7.87. The lowest BCUT2D eigenvalue weighted by Gasteiger charge is -2.11. The third-order valence-electron chi connectivity index (χ3n) is 3.71. The second-order valence-electron chi connectivity index (χ2n) is 5.60. The van der Waals surface area contributed by atoms with E-state index in [0.717, 1.165) is 12.1 Å². The molecule has 0 aromatic carbocycles. The Morgan fingerprint density at radius 2 is 2.21 bits per heavy atom. The number of aliphatic carboxylic acids is 1. The number of hydrogen-bond donors (Lipinski definition) is 2. The number of carbonyl (C=O) groups excluding carboxylic acids is 1. The summed E-state index contributed by atoms with van der Waals surface area (Å²) in [7, 11) is 0. The summed E-state index contributed by atoms with van der Waals surface area (Å²) in [6.45, 7) is 5.94. The van der Waals surface area contributed by atoms with Gasteiger partial charge in [-0.3, -0.25) is 4.79 Å². The van der Waals surface area contributed by atoms with E-state index in [1.165, 1.54) is 0 Å². The van der Waals surface area contributed by atoms with Gasteiger partial charge in [-0.2, -0.15) is 5.10 Å². The Morgan fingerprint density at radius 3 is 2.88 bits per heavy atom. The number of carboxylic acids is 1. The molecule has 1 amide bonds. The molecule has 8 nitrogen and oxygen atoms in total. The van der Waals surface area contributed by atoms with E-state index < -0.39 is 5.97 Å². The number of nitrogens with zero attached hydrogens (tertiary/aromatic N) is 3. The first-order chi connectivity index (χ1) is 11.4. The van der Waals surface area contributed by atoms with E-state index in [4.69, 9.17) is 9.84 Å². The normalized spacial score (nSPS) is 12.3. The van der Waals surface area contributed by atoms with Crippen LogP contribution >= 0.6 is 0 Å². The van der Waals surface area contributed by atoms with Crippen LogP contribution in [-0.4, -0.2) is 51.5 Å². The van der Waals surface area contributed by atoms with E-state index in [0.29, 0.717) is 16.6 Å². The van der Waals surface area contributed by atoms with Crippen LogP contribution in [0.15, 0.2) is 12.3 Å². The van der Waals surface area contributed by atoms with Crippen LogP contribution in [0.4, 0.5) is 0 Å². The number of fused-ring (bicyclic) bond motifs is 1. The first-order valence-corrected chi connectivity index (χ1v) is 7.86. The quantitative estimate of drug-likeness (QED) is 0.709. The Labute approximate surface area is 139 Å². The fourth-order valence-electron chi connectivity index (χ4n) is 2.32. The van der Waals surface area contributed by atoms with Gasteiger partial charge in [0, 0.05) is 12.2 Å². The zero-order valence-electron chi connectivity index (χ0n) is 14.1. The van der Waals surface area contributed by atoms with Crippen LogP contribution in [0, 0.1) is 6.92 Å². The Hall–Kier alpha value is -2.48. The number of aryl methyl sites for hydroxylation is 1. The number of carbonyl (C=O) groups is 2. The van der Waals surface area contributed by atoms with Gasteiger partial charge in [-0.15, -0.1) is 0 Å². The summed E-state index contributed by atoms with van der Waals surface area (Å²) >= 11 is 0. The van der Waals surface area contributed by atoms with Gasteiger partial charge in [-0.05, 0) is 26.3 Å². The van der Waals surface area contributed by atoms with Crippen molar-refractivity contribution < 1.29 is 19.4 Å². The molecular formula is C16H22N4O4. The number of hydrogen-bond acceptors (Lipinski definition) is 5. The van der Waals surface area contributed by atoms with Crippen LogP contribution in [-0.2, 0) is 9.53 Å². The first kappa shape index (κ1) is 17.9. The van der Waals surface area contributed by atoms with E-state index >= 15 is 0 Å². The molecule has 2 aromatic heterocycles. The van der Waals surface area contributed by atoms with Crippen LogP contribution in [0.25, 0.3) is 11.0 Å². The van der Waals surface area contributed by atoms with Crippen molar-refractivity contribution in [3.05, 3.63) is 23.5 Å². The lowest BCUT2D eigenvalue weighted by Crippen LogP contribution is -2.28. The summed E-state index contributed by atoms with van der Waals surface area (Å²) in [5.74, 6) is -1.29. The first-order valence-electron chi connectivity index (χ1n) is 7.86. The molecule has 0 bridgehead atoms. The molecular weight excluding hydrogens is 312 g/mol. The van der Waals surface area contributed by atoms with Crippen molar-refractivity contribution in [3.63, 3.8) is 0 Å². The van der Waals surface area contributed by atoms with Gasteiger partial charge in [0.2, 0.25) is 0 Å². The van der Waals surface area contributed by atoms with Crippen LogP contribution in [0.5, 0.6) is 0 Å². The van der Waals surface area contributed by atoms with Crippen LogP contribution in [0.3, 0.4) is 0 Å².